The van der Waals surface area contributed by atoms with Gasteiger partial charge in [-0.1, -0.05) is 6.92 Å². The third-order valence-electron chi connectivity index (χ3n) is 1.86. The van der Waals surface area contributed by atoms with Gasteiger partial charge >= 0.3 is 0 Å². The molecule has 0 atom stereocenters. The number of aryl methyl sites for hydroxylation is 1. The zero-order valence-corrected chi connectivity index (χ0v) is 10.3. The molecule has 0 aliphatic carbocycles. The maximum absolute atomic E-state index is 5.66. The van der Waals surface area contributed by atoms with E-state index in [-0.39, 0.29) is 0 Å². The molecule has 2 nitrogen and oxygen atoms in total. The fourth-order valence-corrected chi connectivity index (χ4v) is 2.15. The average molecular weight is 213 g/mol. The van der Waals surface area contributed by atoms with Crippen molar-refractivity contribution in [1.29, 1.82) is 0 Å². The Balaban J connectivity index is 2.62. The largest absolute Gasteiger partial charge is 0.464 e. The minimum Gasteiger partial charge on any atom is -0.464 e. The van der Waals surface area contributed by atoms with Crippen LogP contribution in [0.5, 0.6) is 0 Å². The van der Waals surface area contributed by atoms with Crippen molar-refractivity contribution in [2.75, 3.05) is 19.8 Å². The SMILES string of the molecule is CCCSc1cc(CN(C)C)oc1C. The molecule has 80 valence electrons. The Bertz CT molecular complexity index is 281. The Morgan fingerprint density at radius 2 is 2.14 bits per heavy atom. The van der Waals surface area contributed by atoms with Crippen LogP contribution in [0.25, 0.3) is 0 Å². The van der Waals surface area contributed by atoms with Crippen LogP contribution in [-0.2, 0) is 6.54 Å². The topological polar surface area (TPSA) is 16.4 Å². The van der Waals surface area contributed by atoms with Gasteiger partial charge in [0.25, 0.3) is 0 Å². The first kappa shape index (κ1) is 11.7. The summed E-state index contributed by atoms with van der Waals surface area (Å²) in [5.74, 6) is 3.29. The summed E-state index contributed by atoms with van der Waals surface area (Å²) in [4.78, 5) is 3.41. The standard InChI is InChI=1S/C11H19NOS/c1-5-6-14-11-7-10(8-12(3)4)13-9(11)2/h7H,5-6,8H2,1-4H3. The van der Waals surface area contributed by atoms with E-state index in [9.17, 15) is 0 Å². The molecule has 1 aromatic rings. The van der Waals surface area contributed by atoms with Gasteiger partial charge in [-0.15, -0.1) is 11.8 Å². The highest BCUT2D eigenvalue weighted by Gasteiger charge is 2.07. The smallest absolute Gasteiger partial charge is 0.119 e. The summed E-state index contributed by atoms with van der Waals surface area (Å²) in [6, 6.07) is 2.16. The highest BCUT2D eigenvalue weighted by atomic mass is 32.2. The molecule has 0 saturated heterocycles. The minimum absolute atomic E-state index is 0.882. The van der Waals surface area contributed by atoms with Gasteiger partial charge in [0.15, 0.2) is 0 Å². The molecule has 14 heavy (non-hydrogen) atoms. The number of furan rings is 1. The van der Waals surface area contributed by atoms with E-state index in [1.54, 1.807) is 0 Å². The van der Waals surface area contributed by atoms with Crippen LogP contribution in [0.15, 0.2) is 15.4 Å². The van der Waals surface area contributed by atoms with E-state index >= 15 is 0 Å². The molecule has 0 amide bonds. The van der Waals surface area contributed by atoms with Gasteiger partial charge in [0.1, 0.15) is 11.5 Å². The van der Waals surface area contributed by atoms with Gasteiger partial charge in [-0.05, 0) is 39.3 Å². The second-order valence-electron chi connectivity index (χ2n) is 3.72. The summed E-state index contributed by atoms with van der Waals surface area (Å²) in [5.41, 5.74) is 0. The fourth-order valence-electron chi connectivity index (χ4n) is 1.27. The molecule has 1 heterocycles. The van der Waals surface area contributed by atoms with Crippen LogP contribution < -0.4 is 0 Å². The van der Waals surface area contributed by atoms with Crippen molar-refractivity contribution in [2.24, 2.45) is 0 Å². The lowest BCUT2D eigenvalue weighted by atomic mass is 10.4. The fraction of sp³-hybridized carbons (Fsp3) is 0.636. The second kappa shape index (κ2) is 5.47. The highest BCUT2D eigenvalue weighted by Crippen LogP contribution is 2.26. The molecule has 0 saturated carbocycles. The molecule has 3 heteroatoms. The first-order chi connectivity index (χ1) is 6.63. The summed E-state index contributed by atoms with van der Waals surface area (Å²) in [6.07, 6.45) is 1.21. The van der Waals surface area contributed by atoms with Crippen LogP contribution >= 0.6 is 11.8 Å². The summed E-state index contributed by atoms with van der Waals surface area (Å²) in [7, 11) is 4.10. The first-order valence-corrected chi connectivity index (χ1v) is 5.99. The summed E-state index contributed by atoms with van der Waals surface area (Å²) in [5, 5.41) is 0. The van der Waals surface area contributed by atoms with E-state index in [0.29, 0.717) is 0 Å². The molecule has 0 N–H and O–H groups in total. The molecule has 0 unspecified atom stereocenters. The lowest BCUT2D eigenvalue weighted by Gasteiger charge is -2.05. The van der Waals surface area contributed by atoms with Crippen LogP contribution in [0.4, 0.5) is 0 Å². The third-order valence-corrected chi connectivity index (χ3v) is 3.19. The Morgan fingerprint density at radius 1 is 1.43 bits per heavy atom. The van der Waals surface area contributed by atoms with Gasteiger partial charge in [-0.3, -0.25) is 0 Å². The van der Waals surface area contributed by atoms with E-state index in [1.165, 1.54) is 17.1 Å². The van der Waals surface area contributed by atoms with Crippen molar-refractivity contribution in [3.05, 3.63) is 17.6 Å². The van der Waals surface area contributed by atoms with Crippen LogP contribution in [0, 0.1) is 6.92 Å². The molecule has 0 fully saturated rings. The van der Waals surface area contributed by atoms with Crippen molar-refractivity contribution in [1.82, 2.24) is 4.90 Å². The number of hydrogen-bond donors (Lipinski definition) is 0. The molecule has 0 aliphatic heterocycles. The maximum atomic E-state index is 5.66. The molecule has 1 aromatic heterocycles. The quantitative estimate of drug-likeness (QED) is 0.699. The van der Waals surface area contributed by atoms with E-state index in [4.69, 9.17) is 4.42 Å². The number of nitrogens with zero attached hydrogens (tertiary/aromatic N) is 1. The molecule has 0 aliphatic rings. The van der Waals surface area contributed by atoms with Crippen molar-refractivity contribution in [3.8, 4) is 0 Å². The van der Waals surface area contributed by atoms with E-state index in [1.807, 2.05) is 18.7 Å². The Morgan fingerprint density at radius 3 is 2.71 bits per heavy atom. The lowest BCUT2D eigenvalue weighted by molar-refractivity contribution is 0.345. The minimum atomic E-state index is 0.882. The van der Waals surface area contributed by atoms with Gasteiger partial charge in [0.05, 0.1) is 6.54 Å². The zero-order chi connectivity index (χ0) is 10.6. The second-order valence-corrected chi connectivity index (χ2v) is 4.86. The van der Waals surface area contributed by atoms with E-state index < -0.39 is 0 Å². The maximum Gasteiger partial charge on any atom is 0.119 e. The molecule has 0 aromatic carbocycles. The normalized spacial score (nSPS) is 11.2. The highest BCUT2D eigenvalue weighted by molar-refractivity contribution is 7.99. The number of hydrogen-bond acceptors (Lipinski definition) is 3. The molecule has 1 rings (SSSR count). The van der Waals surface area contributed by atoms with E-state index in [0.717, 1.165) is 18.1 Å². The van der Waals surface area contributed by atoms with Gasteiger partial charge in [0.2, 0.25) is 0 Å². The number of thioether (sulfide) groups is 1. The van der Waals surface area contributed by atoms with Crippen LogP contribution in [0.1, 0.15) is 24.9 Å². The van der Waals surface area contributed by atoms with Crippen molar-refractivity contribution in [3.63, 3.8) is 0 Å². The Hall–Kier alpha value is -0.410. The lowest BCUT2D eigenvalue weighted by Crippen LogP contribution is -2.09. The van der Waals surface area contributed by atoms with E-state index in [2.05, 4.69) is 32.0 Å². The molecule has 0 spiro atoms. The van der Waals surface area contributed by atoms with Gasteiger partial charge in [-0.2, -0.15) is 0 Å². The third kappa shape index (κ3) is 3.39. The Labute approximate surface area is 90.7 Å². The van der Waals surface area contributed by atoms with Crippen LogP contribution in [0.3, 0.4) is 0 Å². The predicted octanol–water partition coefficient (Wildman–Crippen LogP) is 3.15. The first-order valence-electron chi connectivity index (χ1n) is 5.00. The monoisotopic (exact) mass is 213 g/mol. The molecule has 0 radical (unpaired) electrons. The van der Waals surface area contributed by atoms with Crippen molar-refractivity contribution >= 4 is 11.8 Å². The van der Waals surface area contributed by atoms with Crippen LogP contribution in [-0.4, -0.2) is 24.7 Å². The zero-order valence-electron chi connectivity index (χ0n) is 9.46. The summed E-state index contributed by atoms with van der Waals surface area (Å²) < 4.78 is 5.66. The van der Waals surface area contributed by atoms with Crippen LogP contribution in [0.2, 0.25) is 0 Å². The Kier molecular flexibility index (Phi) is 4.55. The predicted molar refractivity (Wildman–Crippen MR) is 61.9 cm³/mol. The number of rotatable bonds is 5. The molecular formula is C11H19NOS. The van der Waals surface area contributed by atoms with Crippen molar-refractivity contribution in [2.45, 2.75) is 31.7 Å². The molecular weight excluding hydrogens is 194 g/mol. The van der Waals surface area contributed by atoms with Gasteiger partial charge < -0.3 is 9.32 Å². The average Bonchev–Trinajstić information content (AvgIpc) is 2.41. The van der Waals surface area contributed by atoms with Gasteiger partial charge in [0, 0.05) is 4.90 Å². The van der Waals surface area contributed by atoms with Crippen molar-refractivity contribution < 1.29 is 4.42 Å². The summed E-state index contributed by atoms with van der Waals surface area (Å²) in [6.45, 7) is 5.12. The van der Waals surface area contributed by atoms with Gasteiger partial charge in [-0.25, -0.2) is 0 Å². The summed E-state index contributed by atoms with van der Waals surface area (Å²) >= 11 is 1.88. The molecule has 0 bridgehead atoms.